The highest BCUT2D eigenvalue weighted by molar-refractivity contribution is 7.25. The van der Waals surface area contributed by atoms with Crippen molar-refractivity contribution in [1.82, 2.24) is 43.6 Å². The SMILES string of the molecule is c1ccc2cc(-c3nc(-c4cc(-n5c6cc7ccccc7cc6c6c(-c7ccc8c(c7)sc7cc(-c9nc(-c%10ccc%11c(c%10)oc%10ccccc%10%11)nc(-c%10cc(-n%11c%12ccccc%12c%12cc%13ccccc%13cc%12%11)c%11oc%12ccccc%12c%11c%10)n9)ccc78)cccc65)c5oc6ccccc6c5c4)nc(-n4c5ccccc5c5ccccc54)n3)ccc2c1. The second-order valence-electron chi connectivity index (χ2n) is 31.6. The smallest absolute Gasteiger partial charge is 0.238 e. The van der Waals surface area contributed by atoms with Gasteiger partial charge in [0.1, 0.15) is 22.3 Å². The van der Waals surface area contributed by atoms with E-state index in [-0.39, 0.29) is 0 Å². The van der Waals surface area contributed by atoms with Gasteiger partial charge in [0.25, 0.3) is 0 Å². The van der Waals surface area contributed by atoms with Gasteiger partial charge in [0.05, 0.1) is 44.5 Å². The van der Waals surface area contributed by atoms with E-state index in [0.29, 0.717) is 35.1 Å². The van der Waals surface area contributed by atoms with Crippen LogP contribution in [0.3, 0.4) is 0 Å². The van der Waals surface area contributed by atoms with Crippen LogP contribution in [-0.2, 0) is 0 Å². The lowest BCUT2D eigenvalue weighted by Gasteiger charge is -2.14. The van der Waals surface area contributed by atoms with Gasteiger partial charge < -0.3 is 22.4 Å². The molecule has 0 unspecified atom stereocenters. The van der Waals surface area contributed by atoms with Gasteiger partial charge in [-0.2, -0.15) is 9.97 Å². The molecule has 0 atom stereocenters. The van der Waals surface area contributed by atoms with Gasteiger partial charge in [-0.05, 0) is 165 Å². The van der Waals surface area contributed by atoms with Gasteiger partial charge in [-0.3, -0.25) is 4.57 Å². The fourth-order valence-corrected chi connectivity index (χ4v) is 20.5. The van der Waals surface area contributed by atoms with Crippen molar-refractivity contribution in [3.63, 3.8) is 0 Å². The molecule has 0 saturated carbocycles. The van der Waals surface area contributed by atoms with Gasteiger partial charge >= 0.3 is 0 Å². The molecule has 0 radical (unpaired) electrons. The summed E-state index contributed by atoms with van der Waals surface area (Å²) in [5.74, 6) is 3.17. The zero-order valence-corrected chi connectivity index (χ0v) is 65.0. The maximum atomic E-state index is 7.18. The molecule has 0 saturated heterocycles. The molecule has 0 fully saturated rings. The Morgan fingerprint density at radius 3 is 1.19 bits per heavy atom. The van der Waals surface area contributed by atoms with Crippen LogP contribution in [0.1, 0.15) is 0 Å². The van der Waals surface area contributed by atoms with Crippen molar-refractivity contribution in [2.45, 2.75) is 0 Å². The summed E-state index contributed by atoms with van der Waals surface area (Å²) in [5, 5.41) is 21.8. The topological polar surface area (TPSA) is 132 Å². The molecule has 0 bridgehead atoms. The van der Waals surface area contributed by atoms with Crippen molar-refractivity contribution in [2.24, 2.45) is 0 Å². The minimum Gasteiger partial charge on any atom is -0.456 e. The lowest BCUT2D eigenvalue weighted by atomic mass is 9.97. The van der Waals surface area contributed by atoms with Crippen LogP contribution in [0.2, 0.25) is 0 Å². The summed E-state index contributed by atoms with van der Waals surface area (Å²) in [6.45, 7) is 0. The third-order valence-electron chi connectivity index (χ3n) is 24.8. The number of nitrogens with zero attached hydrogens (tertiary/aromatic N) is 9. The van der Waals surface area contributed by atoms with Crippen molar-refractivity contribution < 1.29 is 13.3 Å². The maximum absolute atomic E-state index is 7.18. The van der Waals surface area contributed by atoms with Gasteiger partial charge in [0.2, 0.25) is 5.95 Å². The quantitative estimate of drug-likeness (QED) is 0.139. The van der Waals surface area contributed by atoms with Crippen LogP contribution in [0.15, 0.2) is 371 Å². The largest absolute Gasteiger partial charge is 0.456 e. The molecule has 0 aliphatic heterocycles. The molecular formula is C108H59N9O3S. The van der Waals surface area contributed by atoms with Crippen LogP contribution in [0.4, 0.5) is 0 Å². The number of aromatic nitrogens is 9. The monoisotopic (exact) mass is 1560 g/mol. The van der Waals surface area contributed by atoms with E-state index in [0.717, 1.165) is 229 Å². The zero-order valence-electron chi connectivity index (χ0n) is 64.2. The lowest BCUT2D eigenvalue weighted by molar-refractivity contribution is 0.666. The molecule has 0 N–H and O–H groups in total. The van der Waals surface area contributed by atoms with Crippen molar-refractivity contribution in [1.29, 1.82) is 0 Å². The summed E-state index contributed by atoms with van der Waals surface area (Å²) < 4.78 is 29.9. The predicted octanol–water partition coefficient (Wildman–Crippen LogP) is 28.9. The number of para-hydroxylation sites is 6. The average Bonchev–Trinajstić information content (AvgIpc) is 1.57. The number of thiophene rings is 1. The number of furan rings is 3. The Morgan fingerprint density at radius 1 is 0.207 bits per heavy atom. The van der Waals surface area contributed by atoms with Gasteiger partial charge in [0, 0.05) is 113 Å². The Hall–Kier alpha value is -16.2. The third-order valence-corrected chi connectivity index (χ3v) is 26.0. The first kappa shape index (κ1) is 66.0. The minimum atomic E-state index is 0.517. The van der Waals surface area contributed by atoms with E-state index in [1.54, 1.807) is 11.3 Å². The Bertz CT molecular complexity index is 9180. The summed E-state index contributed by atoms with van der Waals surface area (Å²) in [6, 6.07) is 127. The van der Waals surface area contributed by atoms with E-state index in [4.69, 9.17) is 43.2 Å². The fourth-order valence-electron chi connectivity index (χ4n) is 19.3. The van der Waals surface area contributed by atoms with Crippen LogP contribution in [0.5, 0.6) is 0 Å². The molecule has 121 heavy (non-hydrogen) atoms. The van der Waals surface area contributed by atoms with Crippen LogP contribution in [0.25, 0.3) is 269 Å². The molecule has 13 heteroatoms. The summed E-state index contributed by atoms with van der Waals surface area (Å²) >= 11 is 1.77. The first-order chi connectivity index (χ1) is 59.9. The molecule has 12 nitrogen and oxygen atoms in total. The van der Waals surface area contributed by atoms with E-state index in [9.17, 15) is 0 Å². The van der Waals surface area contributed by atoms with E-state index >= 15 is 0 Å². The molecule has 27 aromatic rings. The average molecular weight is 1560 g/mol. The van der Waals surface area contributed by atoms with Gasteiger partial charge in [-0.25, -0.2) is 19.9 Å². The number of benzene rings is 18. The normalized spacial score (nSPS) is 12.3. The van der Waals surface area contributed by atoms with Crippen molar-refractivity contribution >= 4 is 195 Å². The Labute approximate surface area is 690 Å². The summed E-state index contributed by atoms with van der Waals surface area (Å²) in [6.07, 6.45) is 0. The fraction of sp³-hybridized carbons (Fsp3) is 0. The molecule has 0 aliphatic rings. The van der Waals surface area contributed by atoms with E-state index < -0.39 is 0 Å². The number of hydrogen-bond donors (Lipinski definition) is 0. The zero-order chi connectivity index (χ0) is 78.8. The number of fused-ring (bicyclic) bond motifs is 24. The summed E-state index contributed by atoms with van der Waals surface area (Å²) in [4.78, 5) is 33.1. The lowest BCUT2D eigenvalue weighted by Crippen LogP contribution is -2.06. The molecule has 0 aliphatic carbocycles. The van der Waals surface area contributed by atoms with E-state index in [1.807, 2.05) is 36.4 Å². The second-order valence-corrected chi connectivity index (χ2v) is 32.7. The molecule has 9 heterocycles. The standard InChI is InChI=1S/C108H59N9O3S/c1-2-21-61-48-67(41-40-60(61)20-1)105-112-107(114-108(113-105)117-87-34-14-7-26-73(87)74-27-8-15-35-88(74)117)71-52-84-78-31-12-18-39-96(78)120-102(84)93(56-71)116-89-36-19-32-72(100(89)85-50-63-23-4-6-25-65(63)54-91(85)116)66-42-46-80-81-47-44-69(59-99(81)121-98(80)58-66)104-109-103(68-43-45-79-76-29-10-16-37-94(76)118-97(79)57-68)110-106(111-104)70-51-83-77-30-11-17-38-95(77)119-101(83)92(55-70)115-86-33-13-9-28-75(86)82-49-62-22-3-5-24-64(62)53-90(82)115/h1-59H. The second kappa shape index (κ2) is 25.2. The van der Waals surface area contributed by atoms with Crippen LogP contribution in [0, 0.1) is 0 Å². The number of rotatable bonds is 9. The molecular weight excluding hydrogens is 1500 g/mol. The first-order valence-electron chi connectivity index (χ1n) is 40.6. The van der Waals surface area contributed by atoms with Crippen LogP contribution < -0.4 is 0 Å². The molecule has 0 amide bonds. The highest BCUT2D eigenvalue weighted by atomic mass is 32.1. The van der Waals surface area contributed by atoms with E-state index in [1.165, 1.54) is 5.39 Å². The first-order valence-corrected chi connectivity index (χ1v) is 41.4. The molecule has 560 valence electrons. The minimum absolute atomic E-state index is 0.517. The van der Waals surface area contributed by atoms with Crippen molar-refractivity contribution in [3.8, 4) is 85.4 Å². The maximum Gasteiger partial charge on any atom is 0.238 e. The highest BCUT2D eigenvalue weighted by Gasteiger charge is 2.28. The van der Waals surface area contributed by atoms with Crippen molar-refractivity contribution in [3.05, 3.63) is 358 Å². The molecule has 27 rings (SSSR count). The van der Waals surface area contributed by atoms with Gasteiger partial charge in [-0.1, -0.05) is 237 Å². The van der Waals surface area contributed by atoms with Crippen LogP contribution in [-0.4, -0.2) is 43.6 Å². The van der Waals surface area contributed by atoms with Crippen molar-refractivity contribution in [2.75, 3.05) is 0 Å². The molecule has 18 aromatic carbocycles. The van der Waals surface area contributed by atoms with Gasteiger partial charge in [-0.15, -0.1) is 11.3 Å². The Morgan fingerprint density at radius 2 is 0.595 bits per heavy atom. The van der Waals surface area contributed by atoms with Crippen LogP contribution >= 0.6 is 11.3 Å². The Kier molecular flexibility index (Phi) is 13.7. The van der Waals surface area contributed by atoms with Gasteiger partial charge in [0.15, 0.2) is 40.3 Å². The molecule has 9 aromatic heterocycles. The third kappa shape index (κ3) is 9.95. The summed E-state index contributed by atoms with van der Waals surface area (Å²) in [7, 11) is 0. The predicted molar refractivity (Wildman–Crippen MR) is 496 cm³/mol. The summed E-state index contributed by atoms with van der Waals surface area (Å²) in [5.41, 5.74) is 18.9. The van der Waals surface area contributed by atoms with E-state index in [2.05, 4.69) is 335 Å². The number of hydrogen-bond acceptors (Lipinski definition) is 10. The highest BCUT2D eigenvalue weighted by Crippen LogP contribution is 2.49. The Balaban J connectivity index is 0.635. The molecule has 0 spiro atoms.